The van der Waals surface area contributed by atoms with Gasteiger partial charge in [0.2, 0.25) is 0 Å². The molecule has 0 amide bonds. The number of hydrogen-bond acceptors (Lipinski definition) is 2. The van der Waals surface area contributed by atoms with Crippen LogP contribution in [0.4, 0.5) is 0 Å². The molecule has 0 aliphatic heterocycles. The molecule has 18 heavy (non-hydrogen) atoms. The second-order valence-corrected chi connectivity index (χ2v) is 8.00. The van der Waals surface area contributed by atoms with Gasteiger partial charge in [-0.3, -0.25) is 0 Å². The van der Waals surface area contributed by atoms with Crippen LogP contribution in [0.5, 0.6) is 0 Å². The third-order valence-corrected chi connectivity index (χ3v) is 6.55. The van der Waals surface area contributed by atoms with Crippen LogP contribution < -0.4 is 0 Å². The summed E-state index contributed by atoms with van der Waals surface area (Å²) in [6.07, 6.45) is 4.74. The topological polar surface area (TPSA) is 40.5 Å². The zero-order valence-electron chi connectivity index (χ0n) is 12.7. The van der Waals surface area contributed by atoms with Crippen LogP contribution in [0.3, 0.4) is 0 Å². The highest BCUT2D eigenvalue weighted by Crippen LogP contribution is 2.63. The standard InChI is InChI=1S/C16H30O2/c1-11-9-12-14(2,3)7-6-8-15(12,4)13(10-17)16(11,5)18/h11-13,17-18H,6-10H2,1-5H3/t11-,12?,13+,15-,16+/m0/s1. The van der Waals surface area contributed by atoms with E-state index in [1.165, 1.54) is 12.8 Å². The molecular formula is C16H30O2. The molecule has 106 valence electrons. The quantitative estimate of drug-likeness (QED) is 0.754. The second-order valence-electron chi connectivity index (χ2n) is 8.00. The first kappa shape index (κ1) is 14.3. The van der Waals surface area contributed by atoms with E-state index in [9.17, 15) is 10.2 Å². The van der Waals surface area contributed by atoms with Crippen molar-refractivity contribution in [1.82, 2.24) is 0 Å². The molecule has 0 spiro atoms. The van der Waals surface area contributed by atoms with E-state index < -0.39 is 5.60 Å². The van der Waals surface area contributed by atoms with E-state index in [1.807, 2.05) is 6.92 Å². The Kier molecular flexibility index (Phi) is 3.35. The summed E-state index contributed by atoms with van der Waals surface area (Å²) in [6.45, 7) is 11.2. The Morgan fingerprint density at radius 3 is 2.28 bits per heavy atom. The van der Waals surface area contributed by atoms with E-state index in [-0.39, 0.29) is 23.9 Å². The lowest BCUT2D eigenvalue weighted by molar-refractivity contribution is -0.203. The highest BCUT2D eigenvalue weighted by Gasteiger charge is 2.59. The predicted molar refractivity (Wildman–Crippen MR) is 74.2 cm³/mol. The molecule has 2 aliphatic carbocycles. The molecule has 2 nitrogen and oxygen atoms in total. The molecule has 0 aromatic carbocycles. The van der Waals surface area contributed by atoms with Crippen LogP contribution in [0.25, 0.3) is 0 Å². The number of rotatable bonds is 1. The second kappa shape index (κ2) is 4.21. The average molecular weight is 254 g/mol. The molecule has 0 aromatic rings. The lowest BCUT2D eigenvalue weighted by Crippen LogP contribution is -2.61. The normalized spacial score (nSPS) is 51.8. The van der Waals surface area contributed by atoms with Crippen molar-refractivity contribution in [1.29, 1.82) is 0 Å². The van der Waals surface area contributed by atoms with Crippen molar-refractivity contribution in [2.45, 2.75) is 65.9 Å². The summed E-state index contributed by atoms with van der Waals surface area (Å²) in [5, 5.41) is 20.7. The van der Waals surface area contributed by atoms with E-state index in [0.29, 0.717) is 11.3 Å². The SMILES string of the molecule is C[C@H]1CC2C(C)(C)CCC[C@]2(C)[C@@H](CO)[C@]1(C)O. The predicted octanol–water partition coefficient (Wildman–Crippen LogP) is 3.22. The summed E-state index contributed by atoms with van der Waals surface area (Å²) in [4.78, 5) is 0. The van der Waals surface area contributed by atoms with Gasteiger partial charge in [-0.2, -0.15) is 0 Å². The van der Waals surface area contributed by atoms with Gasteiger partial charge in [-0.1, -0.05) is 34.1 Å². The molecular weight excluding hydrogens is 224 g/mol. The lowest BCUT2D eigenvalue weighted by Gasteiger charge is -2.62. The highest BCUT2D eigenvalue weighted by atomic mass is 16.3. The molecule has 0 bridgehead atoms. The molecule has 5 atom stereocenters. The van der Waals surface area contributed by atoms with Gasteiger partial charge in [0.1, 0.15) is 0 Å². The van der Waals surface area contributed by atoms with E-state index in [0.717, 1.165) is 12.8 Å². The maximum Gasteiger partial charge on any atom is 0.0700 e. The van der Waals surface area contributed by atoms with Crippen LogP contribution in [-0.2, 0) is 0 Å². The Balaban J connectivity index is 2.43. The van der Waals surface area contributed by atoms with Crippen molar-refractivity contribution < 1.29 is 10.2 Å². The molecule has 0 saturated heterocycles. The van der Waals surface area contributed by atoms with Gasteiger partial charge >= 0.3 is 0 Å². The molecule has 1 unspecified atom stereocenters. The van der Waals surface area contributed by atoms with E-state index in [2.05, 4.69) is 27.7 Å². The molecule has 2 rings (SSSR count). The zero-order valence-corrected chi connectivity index (χ0v) is 12.7. The molecule has 2 aliphatic rings. The van der Waals surface area contributed by atoms with Crippen molar-refractivity contribution in [2.24, 2.45) is 28.6 Å². The van der Waals surface area contributed by atoms with Crippen molar-refractivity contribution in [3.8, 4) is 0 Å². The van der Waals surface area contributed by atoms with Gasteiger partial charge < -0.3 is 10.2 Å². The number of aliphatic hydroxyl groups excluding tert-OH is 1. The first-order valence-corrected chi connectivity index (χ1v) is 7.49. The maximum absolute atomic E-state index is 10.8. The average Bonchev–Trinajstić information content (AvgIpc) is 2.22. The summed E-state index contributed by atoms with van der Waals surface area (Å²) in [5.41, 5.74) is -0.300. The van der Waals surface area contributed by atoms with Crippen LogP contribution in [0.1, 0.15) is 60.3 Å². The summed E-state index contributed by atoms with van der Waals surface area (Å²) in [5.74, 6) is 0.898. The minimum Gasteiger partial charge on any atom is -0.396 e. The van der Waals surface area contributed by atoms with Crippen molar-refractivity contribution in [3.05, 3.63) is 0 Å². The summed E-state index contributed by atoms with van der Waals surface area (Å²) in [7, 11) is 0. The van der Waals surface area contributed by atoms with Crippen molar-refractivity contribution >= 4 is 0 Å². The van der Waals surface area contributed by atoms with Crippen LogP contribution in [-0.4, -0.2) is 22.4 Å². The minimum absolute atomic E-state index is 0.0123. The van der Waals surface area contributed by atoms with Gasteiger partial charge in [0.15, 0.2) is 0 Å². The Morgan fingerprint density at radius 1 is 1.11 bits per heavy atom. The van der Waals surface area contributed by atoms with E-state index in [1.54, 1.807) is 0 Å². The van der Waals surface area contributed by atoms with Crippen LogP contribution in [0.2, 0.25) is 0 Å². The lowest BCUT2D eigenvalue weighted by atomic mass is 9.44. The molecule has 2 saturated carbocycles. The fourth-order valence-electron chi connectivity index (χ4n) is 5.17. The Hall–Kier alpha value is -0.0800. The molecule has 2 fully saturated rings. The molecule has 2 N–H and O–H groups in total. The summed E-state index contributed by atoms with van der Waals surface area (Å²) < 4.78 is 0. The smallest absolute Gasteiger partial charge is 0.0700 e. The molecule has 0 radical (unpaired) electrons. The van der Waals surface area contributed by atoms with Crippen molar-refractivity contribution in [3.63, 3.8) is 0 Å². The summed E-state index contributed by atoms with van der Waals surface area (Å²) >= 11 is 0. The fraction of sp³-hybridized carbons (Fsp3) is 1.00. The zero-order chi connectivity index (χ0) is 13.8. The first-order valence-electron chi connectivity index (χ1n) is 7.49. The number of aliphatic hydroxyl groups is 2. The van der Waals surface area contributed by atoms with Gasteiger partial charge in [-0.15, -0.1) is 0 Å². The van der Waals surface area contributed by atoms with Gasteiger partial charge in [-0.05, 0) is 48.9 Å². The maximum atomic E-state index is 10.8. The Labute approximate surface area is 112 Å². The van der Waals surface area contributed by atoms with E-state index >= 15 is 0 Å². The largest absolute Gasteiger partial charge is 0.396 e. The Bertz CT molecular complexity index is 317. The fourth-order valence-corrected chi connectivity index (χ4v) is 5.17. The third kappa shape index (κ3) is 1.84. The van der Waals surface area contributed by atoms with E-state index in [4.69, 9.17) is 0 Å². The van der Waals surface area contributed by atoms with Crippen LogP contribution in [0.15, 0.2) is 0 Å². The summed E-state index contributed by atoms with van der Waals surface area (Å²) in [6, 6.07) is 0. The monoisotopic (exact) mass is 254 g/mol. The number of fused-ring (bicyclic) bond motifs is 1. The first-order chi connectivity index (χ1) is 8.16. The van der Waals surface area contributed by atoms with Gasteiger partial charge in [-0.25, -0.2) is 0 Å². The van der Waals surface area contributed by atoms with Gasteiger partial charge in [0, 0.05) is 12.5 Å². The van der Waals surface area contributed by atoms with Gasteiger partial charge in [0.05, 0.1) is 5.60 Å². The number of hydrogen-bond donors (Lipinski definition) is 2. The third-order valence-electron chi connectivity index (χ3n) is 6.55. The van der Waals surface area contributed by atoms with Crippen LogP contribution in [0, 0.1) is 28.6 Å². The molecule has 2 heteroatoms. The van der Waals surface area contributed by atoms with Crippen molar-refractivity contribution in [2.75, 3.05) is 6.61 Å². The highest BCUT2D eigenvalue weighted by molar-refractivity contribution is 5.09. The molecule has 0 heterocycles. The Morgan fingerprint density at radius 2 is 1.72 bits per heavy atom. The van der Waals surface area contributed by atoms with Gasteiger partial charge in [0.25, 0.3) is 0 Å². The minimum atomic E-state index is -0.729. The molecule has 0 aromatic heterocycles. The van der Waals surface area contributed by atoms with Crippen LogP contribution >= 0.6 is 0 Å².